The number of nitrogen functional groups attached to an aromatic ring is 1. The van der Waals surface area contributed by atoms with Crippen molar-refractivity contribution in [3.8, 4) is 11.3 Å². The van der Waals surface area contributed by atoms with E-state index in [1.54, 1.807) is 6.07 Å². The van der Waals surface area contributed by atoms with Crippen LogP contribution in [0.15, 0.2) is 18.5 Å². The van der Waals surface area contributed by atoms with Gasteiger partial charge in [-0.3, -0.25) is 0 Å². The summed E-state index contributed by atoms with van der Waals surface area (Å²) in [5.74, 6) is -0.0569. The van der Waals surface area contributed by atoms with Gasteiger partial charge in [-0.2, -0.15) is 5.10 Å². The van der Waals surface area contributed by atoms with Gasteiger partial charge in [0, 0.05) is 23.4 Å². The quantitative estimate of drug-likeness (QED) is 0.671. The summed E-state index contributed by atoms with van der Waals surface area (Å²) in [6.07, 6.45) is 1.97. The fourth-order valence-electron chi connectivity index (χ4n) is 3.01. The lowest BCUT2D eigenvalue weighted by molar-refractivity contribution is 0.271. The zero-order chi connectivity index (χ0) is 16.0. The maximum absolute atomic E-state index is 14.9. The lowest BCUT2D eigenvalue weighted by Gasteiger charge is -2.06. The van der Waals surface area contributed by atoms with E-state index in [-0.39, 0.29) is 24.8 Å². The Labute approximate surface area is 131 Å². The Morgan fingerprint density at radius 2 is 2.22 bits per heavy atom. The minimum atomic E-state index is -0.300. The first-order valence-corrected chi connectivity index (χ1v) is 7.34. The van der Waals surface area contributed by atoms with Gasteiger partial charge in [0.1, 0.15) is 23.7 Å². The van der Waals surface area contributed by atoms with Crippen molar-refractivity contribution in [1.82, 2.24) is 19.7 Å². The summed E-state index contributed by atoms with van der Waals surface area (Å²) in [6, 6.07) is 3.53. The highest BCUT2D eigenvalue weighted by Gasteiger charge is 2.23. The van der Waals surface area contributed by atoms with Gasteiger partial charge >= 0.3 is 0 Å². The number of halogens is 1. The predicted molar refractivity (Wildman–Crippen MR) is 84.4 cm³/mol. The molecular formula is C15H15FN6O. The van der Waals surface area contributed by atoms with Crippen LogP contribution >= 0.6 is 0 Å². The van der Waals surface area contributed by atoms with Crippen molar-refractivity contribution in [2.45, 2.75) is 13.0 Å². The molecule has 0 radical (unpaired) electrons. The molecule has 0 unspecified atom stereocenters. The molecule has 0 aliphatic carbocycles. The smallest absolute Gasteiger partial charge is 0.164 e. The third-order valence-electron chi connectivity index (χ3n) is 4.06. The molecule has 8 heteroatoms. The van der Waals surface area contributed by atoms with E-state index in [2.05, 4.69) is 20.4 Å². The standard InChI is InChI=1S/C15H15FN6O/c16-12-8-3-4-18-10(8)2-1-9(12)13-11-14(17)19-7-20-15(11)22(21-13)5-6-23/h1-2,7,18,23H,3-6H2,(H2,17,19,20). The molecule has 4 rings (SSSR count). The van der Waals surface area contributed by atoms with Crippen molar-refractivity contribution in [3.63, 3.8) is 0 Å². The zero-order valence-electron chi connectivity index (χ0n) is 12.3. The molecule has 1 aromatic carbocycles. The van der Waals surface area contributed by atoms with Crippen LogP contribution < -0.4 is 11.1 Å². The maximum atomic E-state index is 14.9. The largest absolute Gasteiger partial charge is 0.394 e. The van der Waals surface area contributed by atoms with Crippen molar-refractivity contribution in [1.29, 1.82) is 0 Å². The number of nitrogens with two attached hydrogens (primary N) is 1. The first-order chi connectivity index (χ1) is 11.2. The summed E-state index contributed by atoms with van der Waals surface area (Å²) in [6.45, 7) is 0.873. The molecule has 3 aromatic rings. The average Bonchev–Trinajstić information content (AvgIpc) is 3.15. The molecular weight excluding hydrogens is 299 g/mol. The number of aromatic nitrogens is 4. The average molecular weight is 314 g/mol. The van der Waals surface area contributed by atoms with E-state index >= 15 is 0 Å². The highest BCUT2D eigenvalue weighted by molar-refractivity contribution is 5.98. The third-order valence-corrected chi connectivity index (χ3v) is 4.06. The van der Waals surface area contributed by atoms with Gasteiger partial charge in [0.15, 0.2) is 5.65 Å². The van der Waals surface area contributed by atoms with Crippen molar-refractivity contribution < 1.29 is 9.50 Å². The second-order valence-corrected chi connectivity index (χ2v) is 5.38. The molecule has 7 nitrogen and oxygen atoms in total. The first-order valence-electron chi connectivity index (χ1n) is 7.34. The van der Waals surface area contributed by atoms with Gasteiger partial charge in [0.25, 0.3) is 0 Å². The Hall–Kier alpha value is -2.74. The number of fused-ring (bicyclic) bond motifs is 2. The second-order valence-electron chi connectivity index (χ2n) is 5.38. The third kappa shape index (κ3) is 2.02. The predicted octanol–water partition coefficient (Wildman–Crippen LogP) is 1.17. The van der Waals surface area contributed by atoms with Crippen LogP contribution in [0.2, 0.25) is 0 Å². The van der Waals surface area contributed by atoms with E-state index in [0.29, 0.717) is 34.3 Å². The monoisotopic (exact) mass is 314 g/mol. The molecule has 1 aliphatic heterocycles. The van der Waals surface area contributed by atoms with E-state index in [0.717, 1.165) is 12.2 Å². The van der Waals surface area contributed by atoms with Gasteiger partial charge in [-0.05, 0) is 18.6 Å². The summed E-state index contributed by atoms with van der Waals surface area (Å²) in [4.78, 5) is 8.16. The van der Waals surface area contributed by atoms with Crippen LogP contribution in [0.1, 0.15) is 5.56 Å². The molecule has 4 N–H and O–H groups in total. The topological polar surface area (TPSA) is 102 Å². The number of nitrogens with zero attached hydrogens (tertiary/aromatic N) is 4. The van der Waals surface area contributed by atoms with Gasteiger partial charge in [0.05, 0.1) is 18.5 Å². The zero-order valence-corrected chi connectivity index (χ0v) is 12.3. The van der Waals surface area contributed by atoms with Crippen molar-refractivity contribution in [2.75, 3.05) is 24.2 Å². The normalized spacial score (nSPS) is 13.3. The van der Waals surface area contributed by atoms with E-state index < -0.39 is 0 Å². The molecule has 0 atom stereocenters. The number of rotatable bonds is 3. The van der Waals surface area contributed by atoms with Crippen LogP contribution in [-0.2, 0) is 13.0 Å². The van der Waals surface area contributed by atoms with E-state index in [9.17, 15) is 9.50 Å². The summed E-state index contributed by atoms with van der Waals surface area (Å²) in [7, 11) is 0. The molecule has 0 saturated heterocycles. The van der Waals surface area contributed by atoms with Gasteiger partial charge in [0.2, 0.25) is 0 Å². The number of hydrogen-bond donors (Lipinski definition) is 3. The SMILES string of the molecule is Nc1ncnc2c1c(-c1ccc3c(c1F)CCN3)nn2CCO. The number of hydrogen-bond acceptors (Lipinski definition) is 6. The van der Waals surface area contributed by atoms with Gasteiger partial charge in [-0.15, -0.1) is 0 Å². The number of aliphatic hydroxyl groups excluding tert-OH is 1. The minimum absolute atomic E-state index is 0.100. The Morgan fingerprint density at radius 1 is 1.35 bits per heavy atom. The lowest BCUT2D eigenvalue weighted by Crippen LogP contribution is -2.05. The van der Waals surface area contributed by atoms with Gasteiger partial charge in [-0.1, -0.05) is 0 Å². The van der Waals surface area contributed by atoms with E-state index in [1.165, 1.54) is 11.0 Å². The molecule has 2 aromatic heterocycles. The minimum Gasteiger partial charge on any atom is -0.394 e. The summed E-state index contributed by atoms with van der Waals surface area (Å²) < 4.78 is 16.4. The maximum Gasteiger partial charge on any atom is 0.164 e. The van der Waals surface area contributed by atoms with Crippen LogP contribution in [-0.4, -0.2) is 38.0 Å². The number of benzene rings is 1. The molecule has 0 spiro atoms. The van der Waals surface area contributed by atoms with Crippen molar-refractivity contribution in [3.05, 3.63) is 29.8 Å². The fourth-order valence-corrected chi connectivity index (χ4v) is 3.01. The van der Waals surface area contributed by atoms with E-state index in [4.69, 9.17) is 5.73 Å². The Morgan fingerprint density at radius 3 is 3.04 bits per heavy atom. The Bertz CT molecular complexity index is 907. The number of anilines is 2. The summed E-state index contributed by atoms with van der Waals surface area (Å²) in [5, 5.41) is 17.3. The highest BCUT2D eigenvalue weighted by Crippen LogP contribution is 2.36. The highest BCUT2D eigenvalue weighted by atomic mass is 19.1. The molecule has 0 bridgehead atoms. The molecule has 118 valence electrons. The van der Waals surface area contributed by atoms with Crippen LogP contribution in [0.5, 0.6) is 0 Å². The summed E-state index contributed by atoms with van der Waals surface area (Å²) in [5.41, 5.74) is 8.69. The van der Waals surface area contributed by atoms with Gasteiger partial charge in [-0.25, -0.2) is 19.0 Å². The fraction of sp³-hybridized carbons (Fsp3) is 0.267. The second kappa shape index (κ2) is 5.17. The van der Waals surface area contributed by atoms with Crippen molar-refractivity contribution in [2.24, 2.45) is 0 Å². The lowest BCUT2D eigenvalue weighted by atomic mass is 10.0. The van der Waals surface area contributed by atoms with Crippen LogP contribution in [0.4, 0.5) is 15.9 Å². The first kappa shape index (κ1) is 13.9. The Balaban J connectivity index is 2.00. The molecule has 0 saturated carbocycles. The Kier molecular flexibility index (Phi) is 3.12. The number of nitrogens with one attached hydrogen (secondary N) is 1. The molecule has 1 aliphatic rings. The number of aliphatic hydroxyl groups is 1. The molecule has 3 heterocycles. The molecule has 0 amide bonds. The van der Waals surface area contributed by atoms with Crippen LogP contribution in [0.25, 0.3) is 22.3 Å². The molecule has 23 heavy (non-hydrogen) atoms. The summed E-state index contributed by atoms with van der Waals surface area (Å²) >= 11 is 0. The van der Waals surface area contributed by atoms with Gasteiger partial charge < -0.3 is 16.2 Å². The van der Waals surface area contributed by atoms with Crippen molar-refractivity contribution >= 4 is 22.5 Å². The molecule has 0 fully saturated rings. The van der Waals surface area contributed by atoms with Crippen LogP contribution in [0.3, 0.4) is 0 Å². The van der Waals surface area contributed by atoms with E-state index in [1.807, 2.05) is 6.07 Å². The van der Waals surface area contributed by atoms with Crippen LogP contribution in [0, 0.1) is 5.82 Å².